The summed E-state index contributed by atoms with van der Waals surface area (Å²) in [5, 5.41) is 14.8. The number of amides is 2. The first-order valence-electron chi connectivity index (χ1n) is 17.1. The molecule has 2 aliphatic rings. The summed E-state index contributed by atoms with van der Waals surface area (Å²) in [6, 6.07) is 1.45. The third-order valence-corrected chi connectivity index (χ3v) is 10.3. The molecule has 288 valence electrons. The van der Waals surface area contributed by atoms with Crippen LogP contribution >= 0.6 is 11.6 Å². The van der Waals surface area contributed by atoms with Crippen LogP contribution in [0, 0.1) is 22.7 Å². The number of halogens is 1. The Balaban J connectivity index is 1.88. The zero-order chi connectivity index (χ0) is 39.8. The lowest BCUT2D eigenvalue weighted by Crippen LogP contribution is -2.44. The molecule has 3 heterocycles. The van der Waals surface area contributed by atoms with E-state index in [-0.39, 0.29) is 45.7 Å². The number of ether oxygens (including phenoxy) is 3. The van der Waals surface area contributed by atoms with Crippen molar-refractivity contribution in [2.45, 2.75) is 119 Å². The quantitative estimate of drug-likeness (QED) is 0.184. The number of allylic oxidation sites excluding steroid dienone is 5. The largest absolute Gasteiger partial charge is 0.500 e. The lowest BCUT2D eigenvalue weighted by Gasteiger charge is -2.36. The molecule has 1 aliphatic carbocycles. The molecular weight excluding hydrogens is 726 g/mol. The smallest absolute Gasteiger partial charge is 0.427 e. The maximum Gasteiger partial charge on any atom is 0.427 e. The van der Waals surface area contributed by atoms with Crippen LogP contribution < -0.4 is 4.90 Å². The van der Waals surface area contributed by atoms with Crippen molar-refractivity contribution in [3.05, 3.63) is 44.8 Å². The minimum atomic E-state index is -4.32. The van der Waals surface area contributed by atoms with E-state index >= 15 is 0 Å². The standard InChI is InChI=1S/C36H48ClN7O8S/c1-20-13-14-25(21(2)15-20)53(47,48)52-23(17-38)16-24-27-29(37)40-31(44(32(45)50-34(4,5)6)33(46)51-35(7,8)9)41-30(27)43(42-24)19-26-36(10,11)28(49-12)22(3)18-39-26/h13-14,18,21,23,26H,15-16,19H2,1-12H3. The summed E-state index contributed by atoms with van der Waals surface area (Å²) < 4.78 is 50.5. The number of hydrogen-bond acceptors (Lipinski definition) is 13. The summed E-state index contributed by atoms with van der Waals surface area (Å²) in [5.74, 6) is -0.101. The predicted molar refractivity (Wildman–Crippen MR) is 200 cm³/mol. The van der Waals surface area contributed by atoms with E-state index in [9.17, 15) is 23.3 Å². The van der Waals surface area contributed by atoms with E-state index in [2.05, 4.69) is 9.97 Å². The fourth-order valence-electron chi connectivity index (χ4n) is 6.14. The van der Waals surface area contributed by atoms with E-state index in [4.69, 9.17) is 40.1 Å². The highest BCUT2D eigenvalue weighted by Gasteiger charge is 2.40. The number of methoxy groups -OCH3 is 1. The fourth-order valence-corrected chi connectivity index (χ4v) is 7.75. The maximum atomic E-state index is 13.5. The topological polar surface area (TPSA) is 188 Å². The average Bonchev–Trinajstić information content (AvgIpc) is 3.33. The Labute approximate surface area is 315 Å². The molecule has 2 amide bonds. The molecule has 15 nitrogen and oxygen atoms in total. The number of carbonyl (C=O) groups is 2. The number of carbonyl (C=O) groups excluding carboxylic acids is 2. The van der Waals surface area contributed by atoms with Gasteiger partial charge in [-0.3, -0.25) is 4.99 Å². The second kappa shape index (κ2) is 15.2. The predicted octanol–water partition coefficient (Wildman–Crippen LogP) is 7.21. The van der Waals surface area contributed by atoms with E-state index in [1.165, 1.54) is 10.8 Å². The van der Waals surface area contributed by atoms with Gasteiger partial charge in [0.25, 0.3) is 10.1 Å². The Morgan fingerprint density at radius 3 is 2.23 bits per heavy atom. The molecule has 0 N–H and O–H groups in total. The molecule has 17 heteroatoms. The first kappa shape index (κ1) is 41.4. The molecule has 0 radical (unpaired) electrons. The number of nitriles is 1. The highest BCUT2D eigenvalue weighted by atomic mass is 35.5. The molecule has 3 unspecified atom stereocenters. The number of nitrogens with zero attached hydrogens (tertiary/aromatic N) is 7. The van der Waals surface area contributed by atoms with Crippen molar-refractivity contribution >= 4 is 57.1 Å². The van der Waals surface area contributed by atoms with Gasteiger partial charge in [0.1, 0.15) is 22.1 Å². The summed E-state index contributed by atoms with van der Waals surface area (Å²) in [5.41, 5.74) is -0.588. The van der Waals surface area contributed by atoms with Gasteiger partial charge in [0, 0.05) is 23.6 Å². The minimum absolute atomic E-state index is 0.0591. The van der Waals surface area contributed by atoms with E-state index in [1.807, 2.05) is 33.8 Å². The molecule has 0 fully saturated rings. The van der Waals surface area contributed by atoms with Crippen LogP contribution in [-0.4, -0.2) is 77.0 Å². The van der Waals surface area contributed by atoms with Crippen LogP contribution in [0.2, 0.25) is 5.15 Å². The molecule has 0 saturated carbocycles. The minimum Gasteiger partial charge on any atom is -0.500 e. The van der Waals surface area contributed by atoms with Gasteiger partial charge in [-0.05, 0) is 73.8 Å². The molecule has 1 aliphatic heterocycles. The zero-order valence-corrected chi connectivity index (χ0v) is 33.8. The van der Waals surface area contributed by atoms with Crippen LogP contribution in [0.25, 0.3) is 11.0 Å². The highest BCUT2D eigenvalue weighted by molar-refractivity contribution is 7.90. The Morgan fingerprint density at radius 2 is 1.70 bits per heavy atom. The van der Waals surface area contributed by atoms with Gasteiger partial charge >= 0.3 is 12.2 Å². The average molecular weight is 774 g/mol. The Bertz CT molecular complexity index is 2040. The second-order valence-corrected chi connectivity index (χ2v) is 17.7. The van der Waals surface area contributed by atoms with Gasteiger partial charge in [0.2, 0.25) is 5.95 Å². The summed E-state index contributed by atoms with van der Waals surface area (Å²) >= 11 is 6.83. The van der Waals surface area contributed by atoms with Crippen LogP contribution in [-0.2, 0) is 41.5 Å². The lowest BCUT2D eigenvalue weighted by atomic mass is 9.79. The summed E-state index contributed by atoms with van der Waals surface area (Å²) in [6.07, 6.45) is 1.34. The van der Waals surface area contributed by atoms with E-state index in [0.29, 0.717) is 17.1 Å². The molecular formula is C36H48ClN7O8S. The third kappa shape index (κ3) is 9.43. The van der Waals surface area contributed by atoms with Crippen molar-refractivity contribution in [3.63, 3.8) is 0 Å². The van der Waals surface area contributed by atoms with Crippen molar-refractivity contribution in [1.29, 1.82) is 5.26 Å². The maximum absolute atomic E-state index is 13.5. The number of fused-ring (bicyclic) bond motifs is 1. The number of aliphatic imine (C=N–C) groups is 1. The summed E-state index contributed by atoms with van der Waals surface area (Å²) in [7, 11) is -2.74. The van der Waals surface area contributed by atoms with Crippen LogP contribution in [0.5, 0.6) is 0 Å². The van der Waals surface area contributed by atoms with Gasteiger partial charge in [-0.15, -0.1) is 4.90 Å². The van der Waals surface area contributed by atoms with E-state index < -0.39 is 57.0 Å². The first-order valence-corrected chi connectivity index (χ1v) is 18.8. The van der Waals surface area contributed by atoms with Crippen LogP contribution in [0.1, 0.15) is 88.3 Å². The van der Waals surface area contributed by atoms with Gasteiger partial charge in [-0.25, -0.2) is 18.5 Å². The Kier molecular flexibility index (Phi) is 11.9. The molecule has 3 atom stereocenters. The SMILES string of the molecule is COC1=C(C)C=NC(Cn2nc(CC(C#N)OS(=O)(=O)C3=CC=C(C)CC3C)c3c(Cl)nc(N(C(=O)OC(C)(C)C)C(=O)OC(C)(C)C)nc32)C1(C)C. The van der Waals surface area contributed by atoms with Crippen molar-refractivity contribution in [2.24, 2.45) is 16.3 Å². The molecule has 2 aromatic heterocycles. The van der Waals surface area contributed by atoms with Gasteiger partial charge in [0.05, 0.1) is 41.8 Å². The number of hydrogen-bond donors (Lipinski definition) is 0. The van der Waals surface area contributed by atoms with Gasteiger partial charge in [-0.2, -0.15) is 28.7 Å². The molecule has 0 aromatic carbocycles. The molecule has 0 spiro atoms. The molecule has 0 saturated heterocycles. The van der Waals surface area contributed by atoms with Crippen molar-refractivity contribution in [3.8, 4) is 6.07 Å². The monoisotopic (exact) mass is 773 g/mol. The van der Waals surface area contributed by atoms with Gasteiger partial charge in [0.15, 0.2) is 11.8 Å². The van der Waals surface area contributed by atoms with Crippen molar-refractivity contribution in [1.82, 2.24) is 19.7 Å². The summed E-state index contributed by atoms with van der Waals surface area (Å²) in [6.45, 7) is 19.4. The molecule has 2 aromatic rings. The van der Waals surface area contributed by atoms with E-state index in [1.54, 1.807) is 67.9 Å². The van der Waals surface area contributed by atoms with Gasteiger partial charge < -0.3 is 14.2 Å². The molecule has 53 heavy (non-hydrogen) atoms. The fraction of sp³-hybridized carbons (Fsp3) is 0.583. The van der Waals surface area contributed by atoms with Crippen molar-refractivity contribution < 1.29 is 36.4 Å². The number of dihydropyridines is 1. The second-order valence-electron chi connectivity index (χ2n) is 15.7. The first-order chi connectivity index (χ1) is 24.4. The number of rotatable bonds is 9. The number of anilines is 1. The Hall–Kier alpha value is -4.33. The molecule has 4 rings (SSSR count). The lowest BCUT2D eigenvalue weighted by molar-refractivity contribution is 0.0427. The number of imide groups is 1. The zero-order valence-electron chi connectivity index (χ0n) is 32.3. The van der Waals surface area contributed by atoms with Gasteiger partial charge in [-0.1, -0.05) is 44.0 Å². The van der Waals surface area contributed by atoms with E-state index in [0.717, 1.165) is 11.1 Å². The normalized spacial score (nSPS) is 19.6. The van der Waals surface area contributed by atoms with Crippen LogP contribution in [0.3, 0.4) is 0 Å². The number of aromatic nitrogens is 4. The highest BCUT2D eigenvalue weighted by Crippen LogP contribution is 2.39. The van der Waals surface area contributed by atoms with Crippen LogP contribution in [0.15, 0.2) is 39.0 Å². The third-order valence-electron chi connectivity index (χ3n) is 8.44. The van der Waals surface area contributed by atoms with Crippen LogP contribution in [0.4, 0.5) is 15.5 Å². The summed E-state index contributed by atoms with van der Waals surface area (Å²) in [4.78, 5) is 41.3. The Morgan fingerprint density at radius 1 is 1.09 bits per heavy atom. The molecule has 0 bridgehead atoms. The van der Waals surface area contributed by atoms with Crippen molar-refractivity contribution in [2.75, 3.05) is 12.0 Å².